The van der Waals surface area contributed by atoms with E-state index in [-0.39, 0.29) is 12.7 Å². The standard InChI is InChI=1S/C18H21NO4/c1-3-16-17(23-14-22-16)10-6-5-7-11-18(20)19(4-2)13-15-9-8-12-21-15/h3,6-12H,1,4-5,13-14H2,2H3/b10-6-,11-7+. The van der Waals surface area contributed by atoms with Crippen molar-refractivity contribution < 1.29 is 18.7 Å². The fraction of sp³-hybridized carbons (Fsp3) is 0.278. The molecule has 1 aromatic rings. The quantitative estimate of drug-likeness (QED) is 0.689. The van der Waals surface area contributed by atoms with Crippen LogP contribution in [0.25, 0.3) is 0 Å². The Morgan fingerprint density at radius 2 is 2.17 bits per heavy atom. The molecular formula is C18H21NO4. The first-order valence-corrected chi connectivity index (χ1v) is 7.51. The third-order valence-corrected chi connectivity index (χ3v) is 3.28. The first-order valence-electron chi connectivity index (χ1n) is 7.51. The molecule has 0 unspecified atom stereocenters. The summed E-state index contributed by atoms with van der Waals surface area (Å²) in [6.45, 7) is 6.91. The Hall–Kier alpha value is -2.69. The van der Waals surface area contributed by atoms with Crippen LogP contribution in [0.5, 0.6) is 0 Å². The first-order chi connectivity index (χ1) is 11.2. The van der Waals surface area contributed by atoms with E-state index in [1.54, 1.807) is 23.3 Å². The van der Waals surface area contributed by atoms with Crippen molar-refractivity contribution in [1.29, 1.82) is 0 Å². The zero-order chi connectivity index (χ0) is 16.5. The van der Waals surface area contributed by atoms with Crippen molar-refractivity contribution in [3.63, 3.8) is 0 Å². The van der Waals surface area contributed by atoms with E-state index in [1.807, 2.05) is 37.3 Å². The van der Waals surface area contributed by atoms with E-state index in [2.05, 4.69) is 6.58 Å². The molecule has 1 amide bonds. The summed E-state index contributed by atoms with van der Waals surface area (Å²) in [6.07, 6.45) is 11.0. The molecule has 0 spiro atoms. The number of allylic oxidation sites excluding steroid dienone is 4. The molecule has 122 valence electrons. The van der Waals surface area contributed by atoms with Crippen molar-refractivity contribution in [2.75, 3.05) is 13.3 Å². The Labute approximate surface area is 136 Å². The molecule has 0 aliphatic carbocycles. The highest BCUT2D eigenvalue weighted by Crippen LogP contribution is 2.18. The molecule has 1 aromatic heterocycles. The summed E-state index contributed by atoms with van der Waals surface area (Å²) in [5.74, 6) is 2.03. The van der Waals surface area contributed by atoms with E-state index in [4.69, 9.17) is 13.9 Å². The van der Waals surface area contributed by atoms with Crippen LogP contribution >= 0.6 is 0 Å². The van der Waals surface area contributed by atoms with Crippen LogP contribution in [0.1, 0.15) is 19.1 Å². The van der Waals surface area contributed by atoms with E-state index in [0.29, 0.717) is 31.0 Å². The average Bonchev–Trinajstić information content (AvgIpc) is 3.23. The molecule has 0 bridgehead atoms. The van der Waals surface area contributed by atoms with Crippen molar-refractivity contribution in [2.24, 2.45) is 0 Å². The van der Waals surface area contributed by atoms with Gasteiger partial charge in [-0.1, -0.05) is 18.7 Å². The van der Waals surface area contributed by atoms with Gasteiger partial charge in [0.25, 0.3) is 0 Å². The van der Waals surface area contributed by atoms with Crippen LogP contribution in [-0.4, -0.2) is 24.1 Å². The molecule has 0 N–H and O–H groups in total. The van der Waals surface area contributed by atoms with Gasteiger partial charge in [0.15, 0.2) is 11.5 Å². The molecule has 0 saturated carbocycles. The number of hydrogen-bond acceptors (Lipinski definition) is 4. The number of hydrogen-bond donors (Lipinski definition) is 0. The number of carbonyl (C=O) groups is 1. The number of ether oxygens (including phenoxy) is 2. The van der Waals surface area contributed by atoms with Crippen molar-refractivity contribution in [3.05, 3.63) is 72.6 Å². The van der Waals surface area contributed by atoms with Gasteiger partial charge in [0.05, 0.1) is 12.8 Å². The molecule has 2 rings (SSSR count). The lowest BCUT2D eigenvalue weighted by Crippen LogP contribution is -2.28. The predicted molar refractivity (Wildman–Crippen MR) is 87.0 cm³/mol. The van der Waals surface area contributed by atoms with E-state index in [0.717, 1.165) is 5.76 Å². The summed E-state index contributed by atoms with van der Waals surface area (Å²) in [7, 11) is 0. The summed E-state index contributed by atoms with van der Waals surface area (Å²) in [6, 6.07) is 3.67. The van der Waals surface area contributed by atoms with E-state index in [1.165, 1.54) is 0 Å². The minimum Gasteiger partial charge on any atom is -0.467 e. The number of likely N-dealkylation sites (N-methyl/N-ethyl adjacent to an activating group) is 1. The summed E-state index contributed by atoms with van der Waals surface area (Å²) in [4.78, 5) is 13.8. The van der Waals surface area contributed by atoms with Gasteiger partial charge in [-0.05, 0) is 43.7 Å². The number of furan rings is 1. The lowest BCUT2D eigenvalue weighted by molar-refractivity contribution is -0.126. The predicted octanol–water partition coefficient (Wildman–Crippen LogP) is 3.53. The number of nitrogens with zero attached hydrogens (tertiary/aromatic N) is 1. The van der Waals surface area contributed by atoms with Gasteiger partial charge >= 0.3 is 0 Å². The highest BCUT2D eigenvalue weighted by atomic mass is 16.7. The highest BCUT2D eigenvalue weighted by Gasteiger charge is 2.11. The first kappa shape index (κ1) is 16.7. The monoisotopic (exact) mass is 315 g/mol. The van der Waals surface area contributed by atoms with Crippen LogP contribution in [0.4, 0.5) is 0 Å². The second-order valence-electron chi connectivity index (χ2n) is 4.81. The molecular weight excluding hydrogens is 294 g/mol. The van der Waals surface area contributed by atoms with Crippen LogP contribution in [0.3, 0.4) is 0 Å². The number of carbonyl (C=O) groups excluding carboxylic acids is 1. The number of rotatable bonds is 8. The smallest absolute Gasteiger partial charge is 0.246 e. The van der Waals surface area contributed by atoms with Crippen molar-refractivity contribution in [1.82, 2.24) is 4.90 Å². The van der Waals surface area contributed by atoms with Crippen molar-refractivity contribution in [3.8, 4) is 0 Å². The van der Waals surface area contributed by atoms with Gasteiger partial charge < -0.3 is 18.8 Å². The van der Waals surface area contributed by atoms with Crippen LogP contribution in [0, 0.1) is 0 Å². The Kier molecular flexibility index (Phi) is 6.29. The Morgan fingerprint density at radius 3 is 2.87 bits per heavy atom. The van der Waals surface area contributed by atoms with Gasteiger partial charge in [0.2, 0.25) is 12.7 Å². The number of amides is 1. The third-order valence-electron chi connectivity index (χ3n) is 3.28. The van der Waals surface area contributed by atoms with Crippen LogP contribution < -0.4 is 0 Å². The zero-order valence-electron chi connectivity index (χ0n) is 13.2. The second-order valence-corrected chi connectivity index (χ2v) is 4.81. The van der Waals surface area contributed by atoms with E-state index in [9.17, 15) is 4.79 Å². The maximum Gasteiger partial charge on any atom is 0.246 e. The van der Waals surface area contributed by atoms with Gasteiger partial charge in [-0.3, -0.25) is 4.79 Å². The molecule has 2 heterocycles. The van der Waals surface area contributed by atoms with Crippen molar-refractivity contribution in [2.45, 2.75) is 19.9 Å². The molecule has 0 fully saturated rings. The van der Waals surface area contributed by atoms with Gasteiger partial charge in [-0.25, -0.2) is 0 Å². The minimum absolute atomic E-state index is 0.0382. The van der Waals surface area contributed by atoms with Gasteiger partial charge in [0, 0.05) is 6.54 Å². The maximum atomic E-state index is 12.1. The molecule has 0 atom stereocenters. The molecule has 1 aliphatic rings. The minimum atomic E-state index is -0.0382. The fourth-order valence-corrected chi connectivity index (χ4v) is 2.05. The zero-order valence-corrected chi connectivity index (χ0v) is 13.2. The normalized spacial score (nSPS) is 14.3. The summed E-state index contributed by atoms with van der Waals surface area (Å²) < 4.78 is 15.8. The third kappa shape index (κ3) is 4.92. The Morgan fingerprint density at radius 1 is 1.35 bits per heavy atom. The SMILES string of the molecule is C=CC1=C(/C=C\C/C=C/C(=O)N(CC)Cc2ccco2)OCO1. The van der Waals surface area contributed by atoms with E-state index < -0.39 is 0 Å². The lowest BCUT2D eigenvalue weighted by atomic mass is 10.3. The molecule has 5 heteroatoms. The summed E-state index contributed by atoms with van der Waals surface area (Å²) in [5.41, 5.74) is 0. The molecule has 0 aromatic carbocycles. The summed E-state index contributed by atoms with van der Waals surface area (Å²) >= 11 is 0. The highest BCUT2D eigenvalue weighted by molar-refractivity contribution is 5.87. The van der Waals surface area contributed by atoms with Gasteiger partial charge in [-0.2, -0.15) is 0 Å². The van der Waals surface area contributed by atoms with Crippen LogP contribution in [0.2, 0.25) is 0 Å². The molecule has 0 radical (unpaired) electrons. The van der Waals surface area contributed by atoms with Crippen molar-refractivity contribution >= 4 is 5.91 Å². The molecule has 1 aliphatic heterocycles. The van der Waals surface area contributed by atoms with Gasteiger partial charge in [-0.15, -0.1) is 0 Å². The Balaban J connectivity index is 1.82. The van der Waals surface area contributed by atoms with Crippen LogP contribution in [0.15, 0.2) is 71.3 Å². The molecule has 23 heavy (non-hydrogen) atoms. The second kappa shape index (κ2) is 8.68. The fourth-order valence-electron chi connectivity index (χ4n) is 2.05. The lowest BCUT2D eigenvalue weighted by Gasteiger charge is -2.17. The molecule has 0 saturated heterocycles. The van der Waals surface area contributed by atoms with E-state index >= 15 is 0 Å². The Bertz CT molecular complexity index is 611. The largest absolute Gasteiger partial charge is 0.467 e. The summed E-state index contributed by atoms with van der Waals surface area (Å²) in [5, 5.41) is 0. The van der Waals surface area contributed by atoms with Crippen LogP contribution in [-0.2, 0) is 20.8 Å². The maximum absolute atomic E-state index is 12.1. The molecule has 5 nitrogen and oxygen atoms in total. The topological polar surface area (TPSA) is 51.9 Å². The van der Waals surface area contributed by atoms with Gasteiger partial charge in [0.1, 0.15) is 5.76 Å². The average molecular weight is 315 g/mol.